The number of guanidine groups is 1. The number of ether oxygens (including phenoxy) is 2. The molecule has 0 aliphatic heterocycles. The van der Waals surface area contributed by atoms with Gasteiger partial charge in [0.15, 0.2) is 17.5 Å². The average molecular weight is 531 g/mol. The highest BCUT2D eigenvalue weighted by Crippen LogP contribution is 2.30. The third-order valence-electron chi connectivity index (χ3n) is 4.38. The van der Waals surface area contributed by atoms with Crippen LogP contribution < -0.4 is 20.1 Å². The molecule has 1 atom stereocenters. The molecule has 2 aromatic carbocycles. The molecule has 8 heteroatoms. The molecule has 2 rings (SSSR count). The van der Waals surface area contributed by atoms with Gasteiger partial charge in [-0.3, -0.25) is 4.99 Å². The second-order valence-corrected chi connectivity index (χ2v) is 6.45. The summed E-state index contributed by atoms with van der Waals surface area (Å²) in [6.07, 6.45) is 0. The van der Waals surface area contributed by atoms with Gasteiger partial charge in [0.1, 0.15) is 5.82 Å². The van der Waals surface area contributed by atoms with Crippen LogP contribution in [0.1, 0.15) is 43.5 Å². The highest BCUT2D eigenvalue weighted by molar-refractivity contribution is 14.0. The zero-order valence-corrected chi connectivity index (χ0v) is 20.2. The predicted octanol–water partition coefficient (Wildman–Crippen LogP) is 4.16. The normalized spacial score (nSPS) is 12.0. The molecule has 0 bridgehead atoms. The summed E-state index contributed by atoms with van der Waals surface area (Å²) in [5, 5.41) is 15.8. The molecule has 166 valence electrons. The van der Waals surface area contributed by atoms with E-state index in [1.54, 1.807) is 19.2 Å². The molecule has 6 nitrogen and oxygen atoms in total. The zero-order valence-electron chi connectivity index (χ0n) is 17.9. The number of hydrogen-bond donors (Lipinski definition) is 3. The van der Waals surface area contributed by atoms with E-state index in [4.69, 9.17) is 9.47 Å². The third kappa shape index (κ3) is 7.32. The molecule has 0 fully saturated rings. The Morgan fingerprint density at radius 3 is 2.43 bits per heavy atom. The first kappa shape index (κ1) is 26.0. The van der Waals surface area contributed by atoms with E-state index in [9.17, 15) is 9.50 Å². The molecule has 1 unspecified atom stereocenters. The smallest absolute Gasteiger partial charge is 0.191 e. The molecule has 0 amide bonds. The van der Waals surface area contributed by atoms with Gasteiger partial charge in [0.05, 0.1) is 25.9 Å². The Hall–Kier alpha value is -2.07. The van der Waals surface area contributed by atoms with Crippen LogP contribution in [0.2, 0.25) is 0 Å². The summed E-state index contributed by atoms with van der Waals surface area (Å²) in [7, 11) is 1.69. The van der Waals surface area contributed by atoms with Gasteiger partial charge in [0.25, 0.3) is 0 Å². The highest BCUT2D eigenvalue weighted by Gasteiger charge is 2.12. The molecule has 0 saturated carbocycles. The maximum Gasteiger partial charge on any atom is 0.191 e. The first-order chi connectivity index (χ1) is 14.0. The molecule has 2 aromatic rings. The number of aliphatic imine (C=N–C) groups is 1. The SMILES string of the molecule is CCOc1ccc(C(C)NC(=NC)NCc2ccc(F)c(CO)c2)cc1OCC.I. The van der Waals surface area contributed by atoms with Crippen LogP contribution in [0.4, 0.5) is 4.39 Å². The summed E-state index contributed by atoms with van der Waals surface area (Å²) in [6, 6.07) is 10.5. The fourth-order valence-electron chi connectivity index (χ4n) is 2.87. The summed E-state index contributed by atoms with van der Waals surface area (Å²) in [6.45, 7) is 7.16. The van der Waals surface area contributed by atoms with Crippen LogP contribution in [0, 0.1) is 5.82 Å². The lowest BCUT2D eigenvalue weighted by Gasteiger charge is -2.20. The Labute approximate surface area is 194 Å². The molecule has 0 saturated heterocycles. The van der Waals surface area contributed by atoms with Crippen molar-refractivity contribution in [3.05, 3.63) is 58.9 Å². The predicted molar refractivity (Wildman–Crippen MR) is 128 cm³/mol. The minimum Gasteiger partial charge on any atom is -0.490 e. The molecule has 0 aliphatic rings. The van der Waals surface area contributed by atoms with Crippen molar-refractivity contribution in [2.75, 3.05) is 20.3 Å². The summed E-state index contributed by atoms with van der Waals surface area (Å²) >= 11 is 0. The van der Waals surface area contributed by atoms with Crippen LogP contribution in [0.5, 0.6) is 11.5 Å². The van der Waals surface area contributed by atoms with Crippen molar-refractivity contribution in [2.45, 2.75) is 40.0 Å². The topological polar surface area (TPSA) is 75.1 Å². The van der Waals surface area contributed by atoms with Crippen LogP contribution in [0.3, 0.4) is 0 Å². The highest BCUT2D eigenvalue weighted by atomic mass is 127. The Bertz CT molecular complexity index is 833. The summed E-state index contributed by atoms with van der Waals surface area (Å²) < 4.78 is 24.8. The largest absolute Gasteiger partial charge is 0.490 e. The van der Waals surface area contributed by atoms with Gasteiger partial charge in [-0.25, -0.2) is 4.39 Å². The van der Waals surface area contributed by atoms with E-state index < -0.39 is 5.82 Å². The van der Waals surface area contributed by atoms with E-state index in [0.717, 1.165) is 16.9 Å². The van der Waals surface area contributed by atoms with Gasteiger partial charge in [-0.05, 0) is 56.2 Å². The number of rotatable bonds is 9. The van der Waals surface area contributed by atoms with Crippen LogP contribution >= 0.6 is 24.0 Å². The molecular formula is C22H31FIN3O3. The van der Waals surface area contributed by atoms with Gasteiger partial charge in [-0.1, -0.05) is 12.1 Å². The Kier molecular flexibility index (Phi) is 11.5. The van der Waals surface area contributed by atoms with E-state index >= 15 is 0 Å². The van der Waals surface area contributed by atoms with Crippen molar-refractivity contribution in [1.29, 1.82) is 0 Å². The van der Waals surface area contributed by atoms with E-state index in [-0.39, 0.29) is 42.2 Å². The first-order valence-electron chi connectivity index (χ1n) is 9.77. The molecule has 30 heavy (non-hydrogen) atoms. The summed E-state index contributed by atoms with van der Waals surface area (Å²) in [4.78, 5) is 4.25. The van der Waals surface area contributed by atoms with Crippen molar-refractivity contribution in [1.82, 2.24) is 10.6 Å². The fourth-order valence-corrected chi connectivity index (χ4v) is 2.87. The maximum atomic E-state index is 13.5. The van der Waals surface area contributed by atoms with Gasteiger partial charge >= 0.3 is 0 Å². The van der Waals surface area contributed by atoms with Crippen LogP contribution in [-0.2, 0) is 13.2 Å². The molecule has 0 radical (unpaired) electrons. The molecule has 0 spiro atoms. The van der Waals surface area contributed by atoms with E-state index in [1.807, 2.05) is 39.0 Å². The van der Waals surface area contributed by atoms with Crippen molar-refractivity contribution < 1.29 is 19.0 Å². The Balaban J connectivity index is 0.00000450. The minimum absolute atomic E-state index is 0. The standard InChI is InChI=1S/C22H30FN3O3.HI/c1-5-28-20-10-8-17(12-21(20)29-6-2)15(3)26-22(24-4)25-13-16-7-9-19(23)18(11-16)14-27;/h7-12,15,27H,5-6,13-14H2,1-4H3,(H2,24,25,26);1H. The second-order valence-electron chi connectivity index (χ2n) is 6.45. The zero-order chi connectivity index (χ0) is 21.2. The van der Waals surface area contributed by atoms with E-state index in [1.165, 1.54) is 6.07 Å². The molecule has 3 N–H and O–H groups in total. The summed E-state index contributed by atoms with van der Waals surface area (Å²) in [5.74, 6) is 1.64. The fraction of sp³-hybridized carbons (Fsp3) is 0.409. The Morgan fingerprint density at radius 2 is 1.80 bits per heavy atom. The number of aliphatic hydroxyl groups excluding tert-OH is 1. The van der Waals surface area contributed by atoms with Crippen LogP contribution in [0.25, 0.3) is 0 Å². The monoisotopic (exact) mass is 531 g/mol. The molecule has 0 aliphatic carbocycles. The molecular weight excluding hydrogens is 500 g/mol. The van der Waals surface area contributed by atoms with E-state index in [0.29, 0.717) is 31.5 Å². The van der Waals surface area contributed by atoms with Gasteiger partial charge in [-0.2, -0.15) is 0 Å². The van der Waals surface area contributed by atoms with Crippen molar-refractivity contribution in [3.8, 4) is 11.5 Å². The minimum atomic E-state index is -0.409. The number of hydrogen-bond acceptors (Lipinski definition) is 4. The Morgan fingerprint density at radius 1 is 1.10 bits per heavy atom. The van der Waals surface area contributed by atoms with Crippen LogP contribution in [0.15, 0.2) is 41.4 Å². The lowest BCUT2D eigenvalue weighted by Crippen LogP contribution is -2.38. The number of nitrogens with zero attached hydrogens (tertiary/aromatic N) is 1. The lowest BCUT2D eigenvalue weighted by molar-refractivity contribution is 0.275. The molecule has 0 aromatic heterocycles. The quantitative estimate of drug-likeness (QED) is 0.258. The molecule has 0 heterocycles. The number of halogens is 2. The van der Waals surface area contributed by atoms with Gasteiger partial charge < -0.3 is 25.2 Å². The summed E-state index contributed by atoms with van der Waals surface area (Å²) in [5.41, 5.74) is 2.16. The van der Waals surface area contributed by atoms with Crippen LogP contribution in [-0.4, -0.2) is 31.3 Å². The van der Waals surface area contributed by atoms with E-state index in [2.05, 4.69) is 15.6 Å². The van der Waals surface area contributed by atoms with Crippen molar-refractivity contribution in [2.24, 2.45) is 4.99 Å². The maximum absolute atomic E-state index is 13.5. The van der Waals surface area contributed by atoms with Crippen molar-refractivity contribution in [3.63, 3.8) is 0 Å². The number of benzene rings is 2. The van der Waals surface area contributed by atoms with Gasteiger partial charge in [0, 0.05) is 19.2 Å². The average Bonchev–Trinajstić information content (AvgIpc) is 2.73. The van der Waals surface area contributed by atoms with Gasteiger partial charge in [0.2, 0.25) is 0 Å². The lowest BCUT2D eigenvalue weighted by atomic mass is 10.1. The number of aliphatic hydroxyl groups is 1. The first-order valence-corrected chi connectivity index (χ1v) is 9.77. The second kappa shape index (κ2) is 13.3. The third-order valence-corrected chi connectivity index (χ3v) is 4.38. The number of nitrogens with one attached hydrogen (secondary N) is 2. The van der Waals surface area contributed by atoms with Crippen molar-refractivity contribution >= 4 is 29.9 Å². The van der Waals surface area contributed by atoms with Gasteiger partial charge in [-0.15, -0.1) is 24.0 Å².